The fourth-order valence-corrected chi connectivity index (χ4v) is 4.87. The highest BCUT2D eigenvalue weighted by Crippen LogP contribution is 2.30. The summed E-state index contributed by atoms with van der Waals surface area (Å²) in [6.07, 6.45) is 4.53. The molecule has 7 nitrogen and oxygen atoms in total. The van der Waals surface area contributed by atoms with E-state index in [9.17, 15) is 8.42 Å². The van der Waals surface area contributed by atoms with Crippen molar-refractivity contribution in [3.8, 4) is 0 Å². The van der Waals surface area contributed by atoms with E-state index in [0.717, 1.165) is 12.8 Å². The minimum absolute atomic E-state index is 0.0369. The first-order valence-corrected chi connectivity index (χ1v) is 10.4. The average Bonchev–Trinajstić information content (AvgIpc) is 2.58. The van der Waals surface area contributed by atoms with Gasteiger partial charge in [0.25, 0.3) is 10.0 Å². The van der Waals surface area contributed by atoms with Gasteiger partial charge in [0.05, 0.1) is 5.69 Å². The molecule has 0 bridgehead atoms. The number of hydrogen-bond donors (Lipinski definition) is 2. The van der Waals surface area contributed by atoms with Gasteiger partial charge in [-0.2, -0.15) is 0 Å². The molecule has 0 aromatic carbocycles. The summed E-state index contributed by atoms with van der Waals surface area (Å²) < 4.78 is 39.7. The molecule has 134 valence electrons. The van der Waals surface area contributed by atoms with Crippen molar-refractivity contribution in [2.24, 2.45) is 0 Å². The van der Waals surface area contributed by atoms with Crippen LogP contribution in [-0.2, 0) is 19.5 Å². The number of nitrogens with one attached hydrogen (secondary N) is 2. The Kier molecular flexibility index (Phi) is 6.09. The predicted molar refractivity (Wildman–Crippen MR) is 93.6 cm³/mol. The lowest BCUT2D eigenvalue weighted by atomic mass is 10.1. The van der Waals surface area contributed by atoms with E-state index in [2.05, 4.69) is 31.0 Å². The summed E-state index contributed by atoms with van der Waals surface area (Å²) in [5, 5.41) is 3.36. The highest BCUT2D eigenvalue weighted by molar-refractivity contribution is 9.10. The molecule has 1 aromatic heterocycles. The van der Waals surface area contributed by atoms with Crippen molar-refractivity contribution in [1.82, 2.24) is 9.71 Å². The highest BCUT2D eigenvalue weighted by atomic mass is 79.9. The average molecular weight is 420 g/mol. The van der Waals surface area contributed by atoms with Gasteiger partial charge < -0.3 is 14.8 Å². The van der Waals surface area contributed by atoms with Gasteiger partial charge in [0.15, 0.2) is 5.03 Å². The Morgan fingerprint density at radius 3 is 2.25 bits per heavy atom. The molecule has 0 atom stereocenters. The molecule has 0 aliphatic carbocycles. The minimum atomic E-state index is -3.70. The van der Waals surface area contributed by atoms with Crippen molar-refractivity contribution >= 4 is 31.6 Å². The second-order valence-electron chi connectivity index (χ2n) is 6.01. The van der Waals surface area contributed by atoms with Crippen LogP contribution in [-0.4, -0.2) is 51.9 Å². The Morgan fingerprint density at radius 1 is 1.04 bits per heavy atom. The SMILES string of the molecule is O=S(=O)(NC1CCOCC1)c1nccc(Br)c1NC1CCOCC1. The van der Waals surface area contributed by atoms with Crippen LogP contribution in [0.2, 0.25) is 0 Å². The number of hydrogen-bond acceptors (Lipinski definition) is 6. The monoisotopic (exact) mass is 419 g/mol. The third-order valence-electron chi connectivity index (χ3n) is 4.23. The van der Waals surface area contributed by atoms with Crippen molar-refractivity contribution in [1.29, 1.82) is 0 Å². The van der Waals surface area contributed by atoms with Crippen molar-refractivity contribution in [3.63, 3.8) is 0 Å². The van der Waals surface area contributed by atoms with Gasteiger partial charge in [-0.3, -0.25) is 0 Å². The lowest BCUT2D eigenvalue weighted by Crippen LogP contribution is -2.39. The number of halogens is 1. The number of aromatic nitrogens is 1. The summed E-state index contributed by atoms with van der Waals surface area (Å²) in [4.78, 5) is 4.14. The van der Waals surface area contributed by atoms with E-state index in [1.165, 1.54) is 6.20 Å². The molecule has 2 saturated heterocycles. The highest BCUT2D eigenvalue weighted by Gasteiger charge is 2.28. The number of anilines is 1. The maximum atomic E-state index is 12.8. The van der Waals surface area contributed by atoms with Crippen molar-refractivity contribution < 1.29 is 17.9 Å². The summed E-state index contributed by atoms with van der Waals surface area (Å²) in [7, 11) is -3.70. The van der Waals surface area contributed by atoms with E-state index in [1.54, 1.807) is 6.07 Å². The van der Waals surface area contributed by atoms with E-state index in [4.69, 9.17) is 9.47 Å². The molecule has 24 heavy (non-hydrogen) atoms. The molecule has 2 N–H and O–H groups in total. The van der Waals surface area contributed by atoms with Gasteiger partial charge in [0.2, 0.25) is 0 Å². The van der Waals surface area contributed by atoms with Crippen LogP contribution < -0.4 is 10.0 Å². The van der Waals surface area contributed by atoms with Crippen LogP contribution in [0.15, 0.2) is 21.8 Å². The van der Waals surface area contributed by atoms with Crippen LogP contribution in [0.5, 0.6) is 0 Å². The molecule has 1 aromatic rings. The number of rotatable bonds is 5. The van der Waals surface area contributed by atoms with Gasteiger partial charge in [-0.25, -0.2) is 18.1 Å². The molecular formula is C15H22BrN3O4S. The third kappa shape index (κ3) is 4.45. The normalized spacial score (nSPS) is 20.9. The van der Waals surface area contributed by atoms with Gasteiger partial charge in [-0.05, 0) is 47.7 Å². The molecule has 3 rings (SSSR count). The smallest absolute Gasteiger partial charge is 0.260 e. The predicted octanol–water partition coefficient (Wildman–Crippen LogP) is 1.89. The maximum Gasteiger partial charge on any atom is 0.260 e. The zero-order valence-electron chi connectivity index (χ0n) is 13.3. The molecule has 2 fully saturated rings. The van der Waals surface area contributed by atoms with E-state index in [-0.39, 0.29) is 17.1 Å². The molecule has 0 amide bonds. The summed E-state index contributed by atoms with van der Waals surface area (Å²) in [6.45, 7) is 2.51. The molecule has 9 heteroatoms. The topological polar surface area (TPSA) is 89.6 Å². The lowest BCUT2D eigenvalue weighted by molar-refractivity contribution is 0.0832. The summed E-state index contributed by atoms with van der Waals surface area (Å²) in [5.41, 5.74) is 0.518. The third-order valence-corrected chi connectivity index (χ3v) is 6.36. The Morgan fingerprint density at radius 2 is 1.62 bits per heavy atom. The Bertz CT molecular complexity index is 659. The molecule has 0 unspecified atom stereocenters. The quantitative estimate of drug-likeness (QED) is 0.757. The maximum absolute atomic E-state index is 12.8. The Balaban J connectivity index is 1.81. The fraction of sp³-hybridized carbons (Fsp3) is 0.667. The minimum Gasteiger partial charge on any atom is -0.381 e. The first-order valence-electron chi connectivity index (χ1n) is 8.15. The zero-order chi connectivity index (χ0) is 17.0. The van der Waals surface area contributed by atoms with Crippen LogP contribution in [0.1, 0.15) is 25.7 Å². The van der Waals surface area contributed by atoms with Crippen molar-refractivity contribution in [3.05, 3.63) is 16.7 Å². The first-order chi connectivity index (χ1) is 11.6. The second kappa shape index (κ2) is 8.09. The standard InChI is InChI=1S/C15H22BrN3O4S/c16-13-1-6-17-15(14(13)18-11-2-7-22-8-3-11)24(20,21)19-12-4-9-23-10-5-12/h1,6,11-12,18-19H,2-5,7-10H2. The number of nitrogens with zero attached hydrogens (tertiary/aromatic N) is 1. The van der Waals surface area contributed by atoms with Crippen molar-refractivity contribution in [2.75, 3.05) is 31.7 Å². The molecule has 0 saturated carbocycles. The van der Waals surface area contributed by atoms with Crippen LogP contribution in [0.3, 0.4) is 0 Å². The second-order valence-corrected chi connectivity index (χ2v) is 8.50. The molecule has 0 spiro atoms. The molecular weight excluding hydrogens is 398 g/mol. The van der Waals surface area contributed by atoms with E-state index in [0.29, 0.717) is 49.4 Å². The van der Waals surface area contributed by atoms with E-state index >= 15 is 0 Å². The van der Waals surface area contributed by atoms with Gasteiger partial charge in [-0.1, -0.05) is 0 Å². The zero-order valence-corrected chi connectivity index (χ0v) is 15.7. The molecule has 2 aliphatic heterocycles. The Labute approximate surface area is 150 Å². The largest absolute Gasteiger partial charge is 0.381 e. The van der Waals surface area contributed by atoms with Gasteiger partial charge in [-0.15, -0.1) is 0 Å². The molecule has 2 aliphatic rings. The van der Waals surface area contributed by atoms with Crippen molar-refractivity contribution in [2.45, 2.75) is 42.8 Å². The number of ether oxygens (including phenoxy) is 2. The fourth-order valence-electron chi connectivity index (χ4n) is 2.89. The number of sulfonamides is 1. The van der Waals surface area contributed by atoms with E-state index < -0.39 is 10.0 Å². The molecule has 3 heterocycles. The molecule has 0 radical (unpaired) electrons. The van der Waals surface area contributed by atoms with E-state index in [1.807, 2.05) is 0 Å². The Hall–Kier alpha value is -0.740. The van der Waals surface area contributed by atoms with Crippen LogP contribution in [0, 0.1) is 0 Å². The van der Waals surface area contributed by atoms with Gasteiger partial charge in [0, 0.05) is 49.2 Å². The van der Waals surface area contributed by atoms with Gasteiger partial charge >= 0.3 is 0 Å². The van der Waals surface area contributed by atoms with Crippen LogP contribution >= 0.6 is 15.9 Å². The number of pyridine rings is 1. The van der Waals surface area contributed by atoms with Crippen LogP contribution in [0.4, 0.5) is 5.69 Å². The first kappa shape index (κ1) is 18.1. The summed E-state index contributed by atoms with van der Waals surface area (Å²) in [5.74, 6) is 0. The lowest BCUT2D eigenvalue weighted by Gasteiger charge is -2.26. The van der Waals surface area contributed by atoms with Gasteiger partial charge in [0.1, 0.15) is 0 Å². The van der Waals surface area contributed by atoms with Crippen LogP contribution in [0.25, 0.3) is 0 Å². The summed E-state index contributed by atoms with van der Waals surface area (Å²) >= 11 is 3.45. The summed E-state index contributed by atoms with van der Waals surface area (Å²) in [6, 6.07) is 1.81.